The summed E-state index contributed by atoms with van der Waals surface area (Å²) in [5.74, 6) is 0.711. The largest absolute Gasteiger partial charge is 0.466 e. The van der Waals surface area contributed by atoms with E-state index in [1.54, 1.807) is 36.9 Å². The molecule has 5 nitrogen and oxygen atoms in total. The van der Waals surface area contributed by atoms with Crippen molar-refractivity contribution in [3.8, 4) is 0 Å². The first-order chi connectivity index (χ1) is 12.4. The summed E-state index contributed by atoms with van der Waals surface area (Å²) in [4.78, 5) is 26.4. The number of amides is 2. The standard InChI is InChI=1S/C20H25FN2O3/c1-4-10-23(20(25)18-12-14(2)26-15(18)3)11-9-19(24)22-13-16-5-7-17(21)8-6-16/h5-8,12H,4,9-11,13H2,1-3H3,(H,22,24). The number of aryl methyl sites for hydroxylation is 2. The van der Waals surface area contributed by atoms with Crippen molar-refractivity contribution in [3.05, 3.63) is 58.8 Å². The highest BCUT2D eigenvalue weighted by atomic mass is 19.1. The molecule has 2 aromatic rings. The van der Waals surface area contributed by atoms with Gasteiger partial charge in [0.25, 0.3) is 5.91 Å². The lowest BCUT2D eigenvalue weighted by atomic mass is 10.2. The summed E-state index contributed by atoms with van der Waals surface area (Å²) in [6.07, 6.45) is 1.02. The summed E-state index contributed by atoms with van der Waals surface area (Å²) in [7, 11) is 0. The van der Waals surface area contributed by atoms with Crippen LogP contribution in [0.1, 0.15) is 47.2 Å². The quantitative estimate of drug-likeness (QED) is 0.782. The van der Waals surface area contributed by atoms with Crippen molar-refractivity contribution in [2.45, 2.75) is 40.2 Å². The Morgan fingerprint density at radius 3 is 2.42 bits per heavy atom. The number of hydrogen-bond donors (Lipinski definition) is 1. The van der Waals surface area contributed by atoms with Gasteiger partial charge in [0.1, 0.15) is 17.3 Å². The molecule has 0 spiro atoms. The molecule has 140 valence electrons. The van der Waals surface area contributed by atoms with Crippen LogP contribution in [0.5, 0.6) is 0 Å². The molecular formula is C20H25FN2O3. The molecule has 1 heterocycles. The highest BCUT2D eigenvalue weighted by Gasteiger charge is 2.20. The van der Waals surface area contributed by atoms with Gasteiger partial charge in [0.15, 0.2) is 0 Å². The fourth-order valence-electron chi connectivity index (χ4n) is 2.73. The number of benzene rings is 1. The van der Waals surface area contributed by atoms with Gasteiger partial charge in [-0.3, -0.25) is 9.59 Å². The maximum absolute atomic E-state index is 12.9. The van der Waals surface area contributed by atoms with E-state index in [4.69, 9.17) is 4.42 Å². The van der Waals surface area contributed by atoms with Gasteiger partial charge in [0, 0.05) is 26.1 Å². The van der Waals surface area contributed by atoms with Crippen LogP contribution in [0.15, 0.2) is 34.7 Å². The van der Waals surface area contributed by atoms with Gasteiger partial charge in [-0.15, -0.1) is 0 Å². The van der Waals surface area contributed by atoms with Crippen molar-refractivity contribution < 1.29 is 18.4 Å². The van der Waals surface area contributed by atoms with E-state index in [2.05, 4.69) is 5.32 Å². The van der Waals surface area contributed by atoms with Crippen LogP contribution in [0.3, 0.4) is 0 Å². The van der Waals surface area contributed by atoms with Crippen molar-refractivity contribution in [3.63, 3.8) is 0 Å². The second kappa shape index (κ2) is 9.17. The van der Waals surface area contributed by atoms with Gasteiger partial charge in [-0.25, -0.2) is 4.39 Å². The molecule has 0 fully saturated rings. The van der Waals surface area contributed by atoms with Gasteiger partial charge in [-0.2, -0.15) is 0 Å². The van der Waals surface area contributed by atoms with E-state index >= 15 is 0 Å². The van der Waals surface area contributed by atoms with Crippen molar-refractivity contribution in [1.82, 2.24) is 10.2 Å². The summed E-state index contributed by atoms with van der Waals surface area (Å²) in [5, 5.41) is 2.79. The Morgan fingerprint density at radius 2 is 1.85 bits per heavy atom. The molecule has 1 aromatic heterocycles. The van der Waals surface area contributed by atoms with Gasteiger partial charge in [-0.05, 0) is 44.0 Å². The minimum absolute atomic E-state index is 0.118. The third-order valence-electron chi connectivity index (χ3n) is 4.06. The lowest BCUT2D eigenvalue weighted by Gasteiger charge is -2.21. The topological polar surface area (TPSA) is 62.6 Å². The maximum atomic E-state index is 12.9. The first-order valence-corrected chi connectivity index (χ1v) is 8.78. The van der Waals surface area contributed by atoms with E-state index in [1.807, 2.05) is 6.92 Å². The molecule has 0 saturated heterocycles. The number of rotatable bonds is 8. The number of carbonyl (C=O) groups is 2. The molecule has 0 saturated carbocycles. The van der Waals surface area contributed by atoms with Crippen LogP contribution in [-0.4, -0.2) is 29.8 Å². The summed E-state index contributed by atoms with van der Waals surface area (Å²) in [5.41, 5.74) is 1.37. The van der Waals surface area contributed by atoms with Crippen molar-refractivity contribution in [2.24, 2.45) is 0 Å². The van der Waals surface area contributed by atoms with Crippen LogP contribution in [0.4, 0.5) is 4.39 Å². The van der Waals surface area contributed by atoms with Gasteiger partial charge in [-0.1, -0.05) is 19.1 Å². The van der Waals surface area contributed by atoms with Crippen molar-refractivity contribution >= 4 is 11.8 Å². The van der Waals surface area contributed by atoms with E-state index in [9.17, 15) is 14.0 Å². The highest BCUT2D eigenvalue weighted by Crippen LogP contribution is 2.16. The number of carbonyl (C=O) groups excluding carboxylic acids is 2. The van der Waals surface area contributed by atoms with Crippen LogP contribution in [0, 0.1) is 19.7 Å². The summed E-state index contributed by atoms with van der Waals surface area (Å²) >= 11 is 0. The Morgan fingerprint density at radius 1 is 1.15 bits per heavy atom. The molecule has 0 atom stereocenters. The SMILES string of the molecule is CCCN(CCC(=O)NCc1ccc(F)cc1)C(=O)c1cc(C)oc1C. The molecule has 2 rings (SSSR count). The van der Waals surface area contributed by atoms with Gasteiger partial charge < -0.3 is 14.6 Å². The average Bonchev–Trinajstić information content (AvgIpc) is 2.95. The van der Waals surface area contributed by atoms with Crippen molar-refractivity contribution in [2.75, 3.05) is 13.1 Å². The Balaban J connectivity index is 1.88. The third-order valence-corrected chi connectivity index (χ3v) is 4.06. The van der Waals surface area contributed by atoms with Crippen LogP contribution >= 0.6 is 0 Å². The Labute approximate surface area is 153 Å². The smallest absolute Gasteiger partial charge is 0.257 e. The second-order valence-corrected chi connectivity index (χ2v) is 6.27. The molecule has 2 amide bonds. The van der Waals surface area contributed by atoms with E-state index in [0.717, 1.165) is 12.0 Å². The third kappa shape index (κ3) is 5.44. The van der Waals surface area contributed by atoms with Gasteiger partial charge in [0.05, 0.1) is 5.56 Å². The fraction of sp³-hybridized carbons (Fsp3) is 0.400. The molecule has 0 aliphatic carbocycles. The molecule has 0 bridgehead atoms. The molecule has 0 aliphatic heterocycles. The first kappa shape index (κ1) is 19.7. The monoisotopic (exact) mass is 360 g/mol. The van der Waals surface area contributed by atoms with Gasteiger partial charge in [0.2, 0.25) is 5.91 Å². The Kier molecular flexibility index (Phi) is 6.95. The Hall–Kier alpha value is -2.63. The molecule has 0 aliphatic rings. The predicted octanol–water partition coefficient (Wildman–Crippen LogP) is 3.59. The zero-order valence-corrected chi connectivity index (χ0v) is 15.5. The number of nitrogens with one attached hydrogen (secondary N) is 1. The molecule has 1 N–H and O–H groups in total. The fourth-order valence-corrected chi connectivity index (χ4v) is 2.73. The highest BCUT2D eigenvalue weighted by molar-refractivity contribution is 5.95. The number of furan rings is 1. The molecule has 0 unspecified atom stereocenters. The molecule has 6 heteroatoms. The normalized spacial score (nSPS) is 10.6. The van der Waals surface area contributed by atoms with Crippen LogP contribution in [0.2, 0.25) is 0 Å². The predicted molar refractivity (Wildman–Crippen MR) is 97.2 cm³/mol. The lowest BCUT2D eigenvalue weighted by Crippen LogP contribution is -2.35. The summed E-state index contributed by atoms with van der Waals surface area (Å²) in [6.45, 7) is 6.80. The number of nitrogens with zero attached hydrogens (tertiary/aromatic N) is 1. The molecule has 0 radical (unpaired) electrons. The minimum atomic E-state index is -0.307. The maximum Gasteiger partial charge on any atom is 0.257 e. The van der Waals surface area contributed by atoms with Crippen LogP contribution < -0.4 is 5.32 Å². The molecular weight excluding hydrogens is 335 g/mol. The van der Waals surface area contributed by atoms with Gasteiger partial charge >= 0.3 is 0 Å². The molecule has 1 aromatic carbocycles. The number of hydrogen-bond acceptors (Lipinski definition) is 3. The van der Waals surface area contributed by atoms with E-state index in [0.29, 0.717) is 36.7 Å². The number of halogens is 1. The second-order valence-electron chi connectivity index (χ2n) is 6.27. The Bertz CT molecular complexity index is 753. The lowest BCUT2D eigenvalue weighted by molar-refractivity contribution is -0.121. The van der Waals surface area contributed by atoms with Crippen molar-refractivity contribution in [1.29, 1.82) is 0 Å². The summed E-state index contributed by atoms with van der Waals surface area (Å²) < 4.78 is 18.3. The van der Waals surface area contributed by atoms with E-state index < -0.39 is 0 Å². The summed E-state index contributed by atoms with van der Waals surface area (Å²) in [6, 6.07) is 7.71. The minimum Gasteiger partial charge on any atom is -0.466 e. The van der Waals surface area contributed by atoms with E-state index in [-0.39, 0.29) is 24.1 Å². The molecule has 26 heavy (non-hydrogen) atoms. The van der Waals surface area contributed by atoms with Crippen LogP contribution in [0.25, 0.3) is 0 Å². The average molecular weight is 360 g/mol. The zero-order chi connectivity index (χ0) is 19.1. The first-order valence-electron chi connectivity index (χ1n) is 8.78. The van der Waals surface area contributed by atoms with Crippen LogP contribution in [-0.2, 0) is 11.3 Å². The zero-order valence-electron chi connectivity index (χ0n) is 15.5. The van der Waals surface area contributed by atoms with E-state index in [1.165, 1.54) is 12.1 Å².